The Morgan fingerprint density at radius 2 is 2.05 bits per heavy atom. The predicted octanol–water partition coefficient (Wildman–Crippen LogP) is 2.14. The van der Waals surface area contributed by atoms with Gasteiger partial charge in [-0.25, -0.2) is 0 Å². The molecule has 0 spiro atoms. The highest BCUT2D eigenvalue weighted by Crippen LogP contribution is 2.12. The Kier molecular flexibility index (Phi) is 3.91. The van der Waals surface area contributed by atoms with Crippen molar-refractivity contribution in [2.24, 2.45) is 0 Å². The van der Waals surface area contributed by atoms with Crippen LogP contribution >= 0.6 is 0 Å². The summed E-state index contributed by atoms with van der Waals surface area (Å²) in [6.07, 6.45) is 5.70. The molecule has 0 radical (unpaired) electrons. The Labute approximate surface area is 122 Å². The molecule has 0 fully saturated rings. The van der Waals surface area contributed by atoms with E-state index < -0.39 is 0 Å². The van der Waals surface area contributed by atoms with Gasteiger partial charge in [-0.05, 0) is 17.7 Å². The van der Waals surface area contributed by atoms with Gasteiger partial charge in [0.25, 0.3) is 0 Å². The number of aryl methyl sites for hydroxylation is 1. The van der Waals surface area contributed by atoms with Gasteiger partial charge in [0.05, 0.1) is 18.3 Å². The highest BCUT2D eigenvalue weighted by atomic mass is 16.1. The Bertz CT molecular complexity index is 736. The Hall–Kier alpha value is -2.69. The van der Waals surface area contributed by atoms with Crippen LogP contribution in [0.3, 0.4) is 0 Å². The smallest absolute Gasteiger partial charge is 0.222 e. The Balaban J connectivity index is 1.54. The topological polar surface area (TPSA) is 59.8 Å². The molecule has 0 aliphatic heterocycles. The van der Waals surface area contributed by atoms with Crippen LogP contribution < -0.4 is 5.32 Å². The third-order valence-electron chi connectivity index (χ3n) is 3.31. The molecule has 106 valence electrons. The number of para-hydroxylation sites is 1. The van der Waals surface area contributed by atoms with Crippen molar-refractivity contribution < 1.29 is 4.79 Å². The molecule has 5 nitrogen and oxygen atoms in total. The number of carbonyl (C=O) groups excluding carboxylic acids is 1. The van der Waals surface area contributed by atoms with Gasteiger partial charge >= 0.3 is 0 Å². The summed E-state index contributed by atoms with van der Waals surface area (Å²) < 4.78 is 1.86. The number of amides is 1. The van der Waals surface area contributed by atoms with Crippen LogP contribution in [-0.2, 0) is 17.9 Å². The normalized spacial score (nSPS) is 10.7. The SMILES string of the molecule is O=C(CCn1ncc2ccccc21)NCc1cccnc1. The van der Waals surface area contributed by atoms with Gasteiger partial charge in [0.1, 0.15) is 0 Å². The van der Waals surface area contributed by atoms with E-state index in [0.29, 0.717) is 19.5 Å². The molecule has 0 saturated carbocycles. The number of benzene rings is 1. The van der Waals surface area contributed by atoms with Crippen LogP contribution in [0.4, 0.5) is 0 Å². The first-order valence-electron chi connectivity index (χ1n) is 6.89. The predicted molar refractivity (Wildman–Crippen MR) is 80.4 cm³/mol. The summed E-state index contributed by atoms with van der Waals surface area (Å²) in [5.41, 5.74) is 2.05. The highest BCUT2D eigenvalue weighted by Gasteiger charge is 2.05. The molecule has 0 saturated heterocycles. The van der Waals surface area contributed by atoms with Crippen molar-refractivity contribution in [3.8, 4) is 0 Å². The molecule has 21 heavy (non-hydrogen) atoms. The molecule has 0 aliphatic rings. The Morgan fingerprint density at radius 3 is 2.90 bits per heavy atom. The number of hydrogen-bond donors (Lipinski definition) is 1. The average Bonchev–Trinajstić information content (AvgIpc) is 2.95. The van der Waals surface area contributed by atoms with Gasteiger partial charge in [0.2, 0.25) is 5.91 Å². The van der Waals surface area contributed by atoms with Gasteiger partial charge in [-0.15, -0.1) is 0 Å². The van der Waals surface area contributed by atoms with Crippen molar-refractivity contribution in [3.63, 3.8) is 0 Å². The maximum atomic E-state index is 11.9. The zero-order valence-electron chi connectivity index (χ0n) is 11.6. The lowest BCUT2D eigenvalue weighted by atomic mass is 10.2. The second-order valence-electron chi connectivity index (χ2n) is 4.81. The minimum atomic E-state index is 0.0124. The first kappa shape index (κ1) is 13.3. The number of nitrogens with one attached hydrogen (secondary N) is 1. The van der Waals surface area contributed by atoms with E-state index in [1.54, 1.807) is 12.4 Å². The number of rotatable bonds is 5. The van der Waals surface area contributed by atoms with Gasteiger partial charge in [-0.1, -0.05) is 24.3 Å². The van der Waals surface area contributed by atoms with Crippen molar-refractivity contribution in [1.29, 1.82) is 0 Å². The first-order chi connectivity index (χ1) is 10.3. The number of carbonyl (C=O) groups is 1. The number of aromatic nitrogens is 3. The molecule has 5 heteroatoms. The van der Waals surface area contributed by atoms with Crippen LogP contribution in [-0.4, -0.2) is 20.7 Å². The van der Waals surface area contributed by atoms with Gasteiger partial charge in [0.15, 0.2) is 0 Å². The van der Waals surface area contributed by atoms with E-state index in [1.807, 2.05) is 47.3 Å². The van der Waals surface area contributed by atoms with Crippen LogP contribution in [0, 0.1) is 0 Å². The van der Waals surface area contributed by atoms with E-state index in [1.165, 1.54) is 0 Å². The molecule has 2 heterocycles. The second kappa shape index (κ2) is 6.17. The largest absolute Gasteiger partial charge is 0.352 e. The molecule has 0 atom stereocenters. The second-order valence-corrected chi connectivity index (χ2v) is 4.81. The third-order valence-corrected chi connectivity index (χ3v) is 3.31. The summed E-state index contributed by atoms with van der Waals surface area (Å²) in [5.74, 6) is 0.0124. The molecule has 1 N–H and O–H groups in total. The van der Waals surface area contributed by atoms with Gasteiger partial charge < -0.3 is 5.32 Å². The Morgan fingerprint density at radius 1 is 1.14 bits per heavy atom. The first-order valence-corrected chi connectivity index (χ1v) is 6.89. The standard InChI is InChI=1S/C16H16N4O/c21-16(18-11-13-4-3-8-17-10-13)7-9-20-15-6-2-1-5-14(15)12-19-20/h1-6,8,10,12H,7,9,11H2,(H,18,21). The van der Waals surface area contributed by atoms with Crippen LogP contribution in [0.25, 0.3) is 10.9 Å². The fourth-order valence-electron chi connectivity index (χ4n) is 2.20. The van der Waals surface area contributed by atoms with Gasteiger partial charge in [-0.3, -0.25) is 14.5 Å². The lowest BCUT2D eigenvalue weighted by Crippen LogP contribution is -2.24. The zero-order valence-corrected chi connectivity index (χ0v) is 11.6. The lowest BCUT2D eigenvalue weighted by molar-refractivity contribution is -0.121. The van der Waals surface area contributed by atoms with E-state index in [-0.39, 0.29) is 5.91 Å². The van der Waals surface area contributed by atoms with Crippen molar-refractivity contribution in [3.05, 3.63) is 60.6 Å². The zero-order chi connectivity index (χ0) is 14.5. The van der Waals surface area contributed by atoms with E-state index in [9.17, 15) is 4.79 Å². The van der Waals surface area contributed by atoms with Crippen LogP contribution in [0.5, 0.6) is 0 Å². The summed E-state index contributed by atoms with van der Waals surface area (Å²) in [4.78, 5) is 15.9. The summed E-state index contributed by atoms with van der Waals surface area (Å²) >= 11 is 0. The highest BCUT2D eigenvalue weighted by molar-refractivity contribution is 5.79. The fraction of sp³-hybridized carbons (Fsp3) is 0.188. The minimum absolute atomic E-state index is 0.0124. The number of pyridine rings is 1. The van der Waals surface area contributed by atoms with Crippen LogP contribution in [0.2, 0.25) is 0 Å². The molecule has 2 aromatic heterocycles. The number of nitrogens with zero attached hydrogens (tertiary/aromatic N) is 3. The van der Waals surface area contributed by atoms with E-state index in [4.69, 9.17) is 0 Å². The average molecular weight is 280 g/mol. The van der Waals surface area contributed by atoms with E-state index in [2.05, 4.69) is 15.4 Å². The minimum Gasteiger partial charge on any atom is -0.352 e. The fourth-order valence-corrected chi connectivity index (χ4v) is 2.20. The molecule has 0 aliphatic carbocycles. The molecule has 3 rings (SSSR count). The molecule has 0 bridgehead atoms. The number of hydrogen-bond acceptors (Lipinski definition) is 3. The summed E-state index contributed by atoms with van der Waals surface area (Å²) in [7, 11) is 0. The molecule has 3 aromatic rings. The quantitative estimate of drug-likeness (QED) is 0.779. The lowest BCUT2D eigenvalue weighted by Gasteiger charge is -2.06. The van der Waals surface area contributed by atoms with Crippen LogP contribution in [0.1, 0.15) is 12.0 Å². The molecular formula is C16H16N4O. The molecule has 1 amide bonds. The molecular weight excluding hydrogens is 264 g/mol. The van der Waals surface area contributed by atoms with E-state index in [0.717, 1.165) is 16.5 Å². The van der Waals surface area contributed by atoms with Crippen molar-refractivity contribution in [1.82, 2.24) is 20.1 Å². The molecule has 0 unspecified atom stereocenters. The van der Waals surface area contributed by atoms with Crippen molar-refractivity contribution in [2.75, 3.05) is 0 Å². The van der Waals surface area contributed by atoms with Crippen molar-refractivity contribution >= 4 is 16.8 Å². The maximum absolute atomic E-state index is 11.9. The summed E-state index contributed by atoms with van der Waals surface area (Å²) in [6.45, 7) is 1.08. The third kappa shape index (κ3) is 3.25. The summed E-state index contributed by atoms with van der Waals surface area (Å²) in [5, 5.41) is 8.29. The molecule has 1 aromatic carbocycles. The number of fused-ring (bicyclic) bond motifs is 1. The van der Waals surface area contributed by atoms with Crippen molar-refractivity contribution in [2.45, 2.75) is 19.5 Å². The van der Waals surface area contributed by atoms with Crippen LogP contribution in [0.15, 0.2) is 55.0 Å². The van der Waals surface area contributed by atoms with Gasteiger partial charge in [-0.2, -0.15) is 5.10 Å². The maximum Gasteiger partial charge on any atom is 0.222 e. The monoisotopic (exact) mass is 280 g/mol. The summed E-state index contributed by atoms with van der Waals surface area (Å²) in [6, 6.07) is 11.8. The van der Waals surface area contributed by atoms with Gasteiger partial charge in [0, 0.05) is 30.7 Å². The van der Waals surface area contributed by atoms with E-state index >= 15 is 0 Å².